The van der Waals surface area contributed by atoms with Gasteiger partial charge in [0, 0.05) is 12.5 Å². The van der Waals surface area contributed by atoms with Crippen molar-refractivity contribution in [2.24, 2.45) is 0 Å². The summed E-state index contributed by atoms with van der Waals surface area (Å²) >= 11 is 0. The number of H-pyrrole nitrogens is 1. The third kappa shape index (κ3) is 1.37. The molecule has 1 aromatic heterocycles. The van der Waals surface area contributed by atoms with Gasteiger partial charge >= 0.3 is 0 Å². The first-order chi connectivity index (χ1) is 5.47. The predicted octanol–water partition coefficient (Wildman–Crippen LogP) is -0.333. The van der Waals surface area contributed by atoms with E-state index >= 15 is 0 Å². The largest absolute Gasteiger partial charge is 0.316 e. The molecule has 1 saturated heterocycles. The Bertz CT molecular complexity index is 201. The van der Waals surface area contributed by atoms with E-state index in [4.69, 9.17) is 0 Å². The van der Waals surface area contributed by atoms with Crippen LogP contribution in [0.1, 0.15) is 24.6 Å². The highest BCUT2D eigenvalue weighted by atomic mass is 15.5. The van der Waals surface area contributed by atoms with Crippen LogP contribution in [-0.2, 0) is 0 Å². The van der Waals surface area contributed by atoms with Crippen LogP contribution in [-0.4, -0.2) is 33.7 Å². The van der Waals surface area contributed by atoms with E-state index in [0.717, 1.165) is 18.9 Å². The summed E-state index contributed by atoms with van der Waals surface area (Å²) in [5, 5.41) is 17.2. The topological polar surface area (TPSA) is 66.5 Å². The van der Waals surface area contributed by atoms with Crippen molar-refractivity contribution in [3.8, 4) is 0 Å². The van der Waals surface area contributed by atoms with E-state index in [2.05, 4.69) is 25.9 Å². The maximum absolute atomic E-state index is 3.95. The van der Waals surface area contributed by atoms with Gasteiger partial charge < -0.3 is 5.32 Å². The Labute approximate surface area is 64.6 Å². The highest BCUT2D eigenvalue weighted by Gasteiger charge is 2.18. The number of hydrogen-bond donors (Lipinski definition) is 2. The molecule has 0 radical (unpaired) electrons. The number of aromatic nitrogens is 4. The average molecular weight is 153 g/mol. The second kappa shape index (κ2) is 2.96. The molecule has 1 atom stereocenters. The van der Waals surface area contributed by atoms with E-state index in [9.17, 15) is 0 Å². The monoisotopic (exact) mass is 153 g/mol. The molecule has 1 fully saturated rings. The SMILES string of the molecule is C1CNCC(c2nn[nH]n2)C1. The van der Waals surface area contributed by atoms with Gasteiger partial charge in [-0.3, -0.25) is 0 Å². The standard InChI is InChI=1S/C6H11N5/c1-2-5(4-7-3-1)6-8-10-11-9-6/h5,7H,1-4H2,(H,8,9,10,11). The number of piperidine rings is 1. The Kier molecular flexibility index (Phi) is 1.81. The number of tetrazole rings is 1. The van der Waals surface area contributed by atoms with E-state index in [1.165, 1.54) is 12.8 Å². The summed E-state index contributed by atoms with van der Waals surface area (Å²) in [4.78, 5) is 0. The van der Waals surface area contributed by atoms with Crippen LogP contribution in [0.4, 0.5) is 0 Å². The minimum absolute atomic E-state index is 0.461. The molecule has 2 heterocycles. The van der Waals surface area contributed by atoms with E-state index in [1.807, 2.05) is 0 Å². The summed E-state index contributed by atoms with van der Waals surface area (Å²) in [6.45, 7) is 2.11. The smallest absolute Gasteiger partial charge is 0.178 e. The lowest BCUT2D eigenvalue weighted by Gasteiger charge is -2.18. The van der Waals surface area contributed by atoms with Crippen LogP contribution in [0.5, 0.6) is 0 Å². The van der Waals surface area contributed by atoms with Crippen LogP contribution < -0.4 is 5.32 Å². The quantitative estimate of drug-likeness (QED) is 0.579. The summed E-state index contributed by atoms with van der Waals surface area (Å²) in [6, 6.07) is 0. The van der Waals surface area contributed by atoms with Crippen LogP contribution in [0.2, 0.25) is 0 Å². The lowest BCUT2D eigenvalue weighted by Crippen LogP contribution is -2.28. The number of nitrogens with zero attached hydrogens (tertiary/aromatic N) is 3. The van der Waals surface area contributed by atoms with Crippen LogP contribution in [0.15, 0.2) is 0 Å². The van der Waals surface area contributed by atoms with Gasteiger partial charge in [0.15, 0.2) is 5.82 Å². The first-order valence-corrected chi connectivity index (χ1v) is 3.91. The van der Waals surface area contributed by atoms with Gasteiger partial charge in [0.25, 0.3) is 0 Å². The van der Waals surface area contributed by atoms with Crippen LogP contribution in [0.25, 0.3) is 0 Å². The van der Waals surface area contributed by atoms with Gasteiger partial charge in [-0.15, -0.1) is 10.2 Å². The van der Waals surface area contributed by atoms with E-state index in [-0.39, 0.29) is 0 Å². The van der Waals surface area contributed by atoms with E-state index < -0.39 is 0 Å². The van der Waals surface area contributed by atoms with E-state index in [1.54, 1.807) is 0 Å². The number of rotatable bonds is 1. The summed E-state index contributed by atoms with van der Waals surface area (Å²) in [5.74, 6) is 1.31. The molecular weight excluding hydrogens is 142 g/mol. The lowest BCUT2D eigenvalue weighted by molar-refractivity contribution is 0.447. The van der Waals surface area contributed by atoms with Crippen molar-refractivity contribution in [2.45, 2.75) is 18.8 Å². The van der Waals surface area contributed by atoms with Gasteiger partial charge in [0.05, 0.1) is 0 Å². The molecule has 5 nitrogen and oxygen atoms in total. The molecule has 0 saturated carbocycles. The molecule has 0 amide bonds. The minimum atomic E-state index is 0.461. The summed E-state index contributed by atoms with van der Waals surface area (Å²) < 4.78 is 0. The predicted molar refractivity (Wildman–Crippen MR) is 39.0 cm³/mol. The first kappa shape index (κ1) is 6.72. The average Bonchev–Trinajstić information content (AvgIpc) is 2.58. The number of aromatic amines is 1. The third-order valence-corrected chi connectivity index (χ3v) is 2.02. The lowest BCUT2D eigenvalue weighted by atomic mass is 9.99. The van der Waals surface area contributed by atoms with Gasteiger partial charge in [0.1, 0.15) is 0 Å². The molecular formula is C6H11N5. The Morgan fingerprint density at radius 2 is 2.45 bits per heavy atom. The van der Waals surface area contributed by atoms with Crippen molar-refractivity contribution < 1.29 is 0 Å². The van der Waals surface area contributed by atoms with Gasteiger partial charge in [-0.2, -0.15) is 5.21 Å². The Morgan fingerprint density at radius 3 is 3.09 bits per heavy atom. The molecule has 0 aromatic carbocycles. The van der Waals surface area contributed by atoms with Crippen molar-refractivity contribution in [1.82, 2.24) is 25.9 Å². The molecule has 2 N–H and O–H groups in total. The number of hydrogen-bond acceptors (Lipinski definition) is 4. The van der Waals surface area contributed by atoms with Crippen molar-refractivity contribution in [3.63, 3.8) is 0 Å². The molecule has 1 aliphatic rings. The molecule has 0 bridgehead atoms. The fraction of sp³-hybridized carbons (Fsp3) is 0.833. The van der Waals surface area contributed by atoms with Crippen molar-refractivity contribution >= 4 is 0 Å². The van der Waals surface area contributed by atoms with Crippen LogP contribution >= 0.6 is 0 Å². The zero-order valence-electron chi connectivity index (χ0n) is 6.25. The normalized spacial score (nSPS) is 25.3. The minimum Gasteiger partial charge on any atom is -0.316 e. The van der Waals surface area contributed by atoms with Gasteiger partial charge in [-0.05, 0) is 19.4 Å². The molecule has 0 spiro atoms. The molecule has 2 rings (SSSR count). The zero-order valence-corrected chi connectivity index (χ0v) is 6.25. The molecule has 60 valence electrons. The highest BCUT2D eigenvalue weighted by molar-refractivity contribution is 4.93. The van der Waals surface area contributed by atoms with Gasteiger partial charge in [-0.1, -0.05) is 5.21 Å². The van der Waals surface area contributed by atoms with Crippen molar-refractivity contribution in [3.05, 3.63) is 5.82 Å². The van der Waals surface area contributed by atoms with Gasteiger partial charge in [-0.25, -0.2) is 0 Å². The summed E-state index contributed by atoms with van der Waals surface area (Å²) in [5.41, 5.74) is 0. The molecule has 1 aliphatic heterocycles. The molecule has 1 unspecified atom stereocenters. The third-order valence-electron chi connectivity index (χ3n) is 2.02. The zero-order chi connectivity index (χ0) is 7.52. The highest BCUT2D eigenvalue weighted by Crippen LogP contribution is 2.17. The Morgan fingerprint density at radius 1 is 1.45 bits per heavy atom. The second-order valence-electron chi connectivity index (χ2n) is 2.81. The molecule has 5 heteroatoms. The maximum Gasteiger partial charge on any atom is 0.178 e. The summed E-state index contributed by atoms with van der Waals surface area (Å²) in [7, 11) is 0. The molecule has 1 aromatic rings. The van der Waals surface area contributed by atoms with Crippen molar-refractivity contribution in [2.75, 3.05) is 13.1 Å². The van der Waals surface area contributed by atoms with Crippen LogP contribution in [0.3, 0.4) is 0 Å². The number of nitrogens with one attached hydrogen (secondary N) is 2. The molecule has 11 heavy (non-hydrogen) atoms. The fourth-order valence-corrected chi connectivity index (χ4v) is 1.41. The summed E-state index contributed by atoms with van der Waals surface area (Å²) in [6.07, 6.45) is 2.38. The fourth-order valence-electron chi connectivity index (χ4n) is 1.41. The van der Waals surface area contributed by atoms with E-state index in [0.29, 0.717) is 5.92 Å². The van der Waals surface area contributed by atoms with Crippen molar-refractivity contribution in [1.29, 1.82) is 0 Å². The van der Waals surface area contributed by atoms with Crippen LogP contribution in [0, 0.1) is 0 Å². The van der Waals surface area contributed by atoms with Gasteiger partial charge in [0.2, 0.25) is 0 Å². The Hall–Kier alpha value is -0.970. The maximum atomic E-state index is 3.95. The second-order valence-corrected chi connectivity index (χ2v) is 2.81. The molecule has 0 aliphatic carbocycles. The first-order valence-electron chi connectivity index (χ1n) is 3.91. The Balaban J connectivity index is 2.04.